The second kappa shape index (κ2) is 7.06. The number of nitrogens with one attached hydrogen (secondary N) is 2. The molecule has 17 heavy (non-hydrogen) atoms. The van der Waals surface area contributed by atoms with E-state index >= 15 is 0 Å². The van der Waals surface area contributed by atoms with Crippen LogP contribution >= 0.6 is 0 Å². The highest BCUT2D eigenvalue weighted by Crippen LogP contribution is 2.04. The third-order valence-electron chi connectivity index (χ3n) is 2.42. The first-order valence-corrected chi connectivity index (χ1v) is 6.14. The Balaban J connectivity index is 2.19. The highest BCUT2D eigenvalue weighted by molar-refractivity contribution is 5.75. The van der Waals surface area contributed by atoms with Gasteiger partial charge in [-0.05, 0) is 20.8 Å². The number of carbonyl (C=O) groups excluding carboxylic acids is 1. The van der Waals surface area contributed by atoms with E-state index in [1.54, 1.807) is 0 Å². The van der Waals surface area contributed by atoms with Crippen molar-refractivity contribution in [2.45, 2.75) is 39.8 Å². The van der Waals surface area contributed by atoms with Crippen LogP contribution in [-0.2, 0) is 11.3 Å². The van der Waals surface area contributed by atoms with Gasteiger partial charge in [-0.2, -0.15) is 5.10 Å². The summed E-state index contributed by atoms with van der Waals surface area (Å²) in [6, 6.07) is 0.388. The van der Waals surface area contributed by atoms with Crippen molar-refractivity contribution < 1.29 is 4.79 Å². The van der Waals surface area contributed by atoms with Crippen molar-refractivity contribution in [3.63, 3.8) is 0 Å². The van der Waals surface area contributed by atoms with Crippen molar-refractivity contribution >= 4 is 5.91 Å². The molecule has 5 nitrogen and oxygen atoms in total. The number of nitrogens with zero attached hydrogens (tertiary/aromatic N) is 2. The molecule has 0 saturated carbocycles. The molecule has 0 aliphatic rings. The fourth-order valence-corrected chi connectivity index (χ4v) is 1.47. The number of carbonyl (C=O) groups is 1. The van der Waals surface area contributed by atoms with Gasteiger partial charge in [-0.1, -0.05) is 0 Å². The monoisotopic (exact) mass is 238 g/mol. The van der Waals surface area contributed by atoms with Crippen molar-refractivity contribution in [3.8, 4) is 0 Å². The van der Waals surface area contributed by atoms with E-state index in [0.717, 1.165) is 12.1 Å². The van der Waals surface area contributed by atoms with Crippen LogP contribution in [0.25, 0.3) is 0 Å². The Labute approximate surface area is 103 Å². The van der Waals surface area contributed by atoms with Crippen molar-refractivity contribution in [1.82, 2.24) is 20.4 Å². The van der Waals surface area contributed by atoms with Crippen LogP contribution in [0.2, 0.25) is 0 Å². The van der Waals surface area contributed by atoms with Gasteiger partial charge in [-0.15, -0.1) is 0 Å². The SMILES string of the molecule is CCNC(=O)CCNCc1cnn(C(C)C)c1. The van der Waals surface area contributed by atoms with Gasteiger partial charge in [0.1, 0.15) is 0 Å². The van der Waals surface area contributed by atoms with E-state index < -0.39 is 0 Å². The first kappa shape index (κ1) is 13.7. The number of amides is 1. The zero-order chi connectivity index (χ0) is 12.7. The Morgan fingerprint density at radius 2 is 2.29 bits per heavy atom. The summed E-state index contributed by atoms with van der Waals surface area (Å²) in [5.41, 5.74) is 1.15. The third kappa shape index (κ3) is 4.99. The lowest BCUT2D eigenvalue weighted by atomic mass is 10.3. The van der Waals surface area contributed by atoms with Gasteiger partial charge in [0.15, 0.2) is 0 Å². The van der Waals surface area contributed by atoms with Crippen LogP contribution in [0.1, 0.15) is 38.8 Å². The summed E-state index contributed by atoms with van der Waals surface area (Å²) in [6.07, 6.45) is 4.41. The molecule has 0 aliphatic heterocycles. The minimum atomic E-state index is 0.0953. The lowest BCUT2D eigenvalue weighted by molar-refractivity contribution is -0.120. The predicted molar refractivity (Wildman–Crippen MR) is 67.6 cm³/mol. The molecule has 0 aliphatic carbocycles. The van der Waals surface area contributed by atoms with Gasteiger partial charge >= 0.3 is 0 Å². The molecule has 0 atom stereocenters. The summed E-state index contributed by atoms with van der Waals surface area (Å²) in [7, 11) is 0. The van der Waals surface area contributed by atoms with Crippen LogP contribution in [-0.4, -0.2) is 28.8 Å². The van der Waals surface area contributed by atoms with Crippen molar-refractivity contribution in [3.05, 3.63) is 18.0 Å². The van der Waals surface area contributed by atoms with Gasteiger partial charge in [0, 0.05) is 43.9 Å². The van der Waals surface area contributed by atoms with E-state index in [4.69, 9.17) is 0 Å². The largest absolute Gasteiger partial charge is 0.356 e. The van der Waals surface area contributed by atoms with Crippen molar-refractivity contribution in [2.24, 2.45) is 0 Å². The van der Waals surface area contributed by atoms with E-state index in [1.807, 2.05) is 24.0 Å². The minimum absolute atomic E-state index is 0.0953. The van der Waals surface area contributed by atoms with Gasteiger partial charge < -0.3 is 10.6 Å². The molecule has 5 heteroatoms. The Morgan fingerprint density at radius 3 is 2.88 bits per heavy atom. The molecule has 0 saturated heterocycles. The maximum Gasteiger partial charge on any atom is 0.221 e. The van der Waals surface area contributed by atoms with E-state index in [9.17, 15) is 4.79 Å². The Hall–Kier alpha value is -1.36. The molecular weight excluding hydrogens is 216 g/mol. The Morgan fingerprint density at radius 1 is 1.53 bits per heavy atom. The number of rotatable bonds is 7. The fourth-order valence-electron chi connectivity index (χ4n) is 1.47. The summed E-state index contributed by atoms with van der Waals surface area (Å²) in [5.74, 6) is 0.0953. The molecule has 0 fully saturated rings. The van der Waals surface area contributed by atoms with Gasteiger partial charge in [0.05, 0.1) is 6.20 Å². The van der Waals surface area contributed by atoms with Crippen LogP contribution in [0, 0.1) is 0 Å². The molecule has 0 bridgehead atoms. The minimum Gasteiger partial charge on any atom is -0.356 e. The molecule has 0 radical (unpaired) electrons. The molecule has 1 aromatic rings. The van der Waals surface area contributed by atoms with E-state index in [1.165, 1.54) is 0 Å². The molecule has 96 valence electrons. The maximum atomic E-state index is 11.2. The average molecular weight is 238 g/mol. The third-order valence-corrected chi connectivity index (χ3v) is 2.42. The number of hydrogen-bond acceptors (Lipinski definition) is 3. The fraction of sp³-hybridized carbons (Fsp3) is 0.667. The van der Waals surface area contributed by atoms with Gasteiger partial charge in [0.25, 0.3) is 0 Å². The quantitative estimate of drug-likeness (QED) is 0.699. The zero-order valence-corrected chi connectivity index (χ0v) is 10.9. The lowest BCUT2D eigenvalue weighted by Gasteiger charge is -2.04. The standard InChI is InChI=1S/C12H22N4O/c1-4-14-12(17)5-6-13-7-11-8-15-16(9-11)10(2)3/h8-10,13H,4-7H2,1-3H3,(H,14,17). The van der Waals surface area contributed by atoms with E-state index in [2.05, 4.69) is 29.6 Å². The lowest BCUT2D eigenvalue weighted by Crippen LogP contribution is -2.27. The summed E-state index contributed by atoms with van der Waals surface area (Å²) in [4.78, 5) is 11.2. The topological polar surface area (TPSA) is 59.0 Å². The van der Waals surface area contributed by atoms with Gasteiger partial charge in [0.2, 0.25) is 5.91 Å². The Kier molecular flexibility index (Phi) is 5.69. The summed E-state index contributed by atoms with van der Waals surface area (Å²) in [5, 5.41) is 10.3. The summed E-state index contributed by atoms with van der Waals surface area (Å²) >= 11 is 0. The molecule has 1 amide bonds. The van der Waals surface area contributed by atoms with Gasteiger partial charge in [-0.3, -0.25) is 9.48 Å². The second-order valence-corrected chi connectivity index (χ2v) is 4.30. The molecular formula is C12H22N4O. The van der Waals surface area contributed by atoms with E-state index in [0.29, 0.717) is 25.6 Å². The number of aromatic nitrogens is 2. The molecule has 0 aromatic carbocycles. The van der Waals surface area contributed by atoms with Crippen LogP contribution in [0.5, 0.6) is 0 Å². The zero-order valence-electron chi connectivity index (χ0n) is 10.9. The van der Waals surface area contributed by atoms with Crippen molar-refractivity contribution in [2.75, 3.05) is 13.1 Å². The molecule has 1 rings (SSSR count). The first-order valence-electron chi connectivity index (χ1n) is 6.14. The van der Waals surface area contributed by atoms with Crippen LogP contribution in [0.15, 0.2) is 12.4 Å². The van der Waals surface area contributed by atoms with E-state index in [-0.39, 0.29) is 5.91 Å². The van der Waals surface area contributed by atoms with Crippen LogP contribution in [0.4, 0.5) is 0 Å². The Bertz CT molecular complexity index is 346. The highest BCUT2D eigenvalue weighted by Gasteiger charge is 2.02. The average Bonchev–Trinajstić information content (AvgIpc) is 2.73. The first-order chi connectivity index (χ1) is 8.13. The molecule has 1 heterocycles. The second-order valence-electron chi connectivity index (χ2n) is 4.30. The van der Waals surface area contributed by atoms with Gasteiger partial charge in [-0.25, -0.2) is 0 Å². The smallest absolute Gasteiger partial charge is 0.221 e. The highest BCUT2D eigenvalue weighted by atomic mass is 16.1. The molecule has 2 N–H and O–H groups in total. The molecule has 1 aromatic heterocycles. The predicted octanol–water partition coefficient (Wildman–Crippen LogP) is 1.08. The maximum absolute atomic E-state index is 11.2. The normalized spacial score (nSPS) is 10.8. The molecule has 0 unspecified atom stereocenters. The van der Waals surface area contributed by atoms with Crippen molar-refractivity contribution in [1.29, 1.82) is 0 Å². The summed E-state index contributed by atoms with van der Waals surface area (Å²) < 4.78 is 1.93. The molecule has 0 spiro atoms. The number of hydrogen-bond donors (Lipinski definition) is 2. The van der Waals surface area contributed by atoms with Crippen LogP contribution < -0.4 is 10.6 Å². The summed E-state index contributed by atoms with van der Waals surface area (Å²) in [6.45, 7) is 8.26. The van der Waals surface area contributed by atoms with Crippen LogP contribution in [0.3, 0.4) is 0 Å².